The van der Waals surface area contributed by atoms with Crippen molar-refractivity contribution in [1.29, 1.82) is 0 Å². The van der Waals surface area contributed by atoms with Gasteiger partial charge in [0, 0.05) is 18.2 Å². The normalized spacial score (nSPS) is 12.4. The molecule has 0 fully saturated rings. The predicted molar refractivity (Wildman–Crippen MR) is 77.8 cm³/mol. The smallest absolute Gasteiger partial charge is 0.146 e. The zero-order valence-corrected chi connectivity index (χ0v) is 11.9. The number of rotatable bonds is 5. The minimum atomic E-state index is -0.379. The summed E-state index contributed by atoms with van der Waals surface area (Å²) in [5.41, 5.74) is 1.58. The van der Waals surface area contributed by atoms with Gasteiger partial charge in [-0.15, -0.1) is 0 Å². The predicted octanol–water partition coefficient (Wildman–Crippen LogP) is 4.34. The molecule has 0 spiro atoms. The van der Waals surface area contributed by atoms with Crippen LogP contribution in [0.4, 0.5) is 8.78 Å². The Balaban J connectivity index is 1.90. The first-order chi connectivity index (χ1) is 9.56. The van der Waals surface area contributed by atoms with E-state index in [4.69, 9.17) is 11.6 Å². The third-order valence-corrected chi connectivity index (χ3v) is 3.42. The van der Waals surface area contributed by atoms with Crippen molar-refractivity contribution >= 4 is 11.6 Å². The van der Waals surface area contributed by atoms with Gasteiger partial charge in [0.2, 0.25) is 0 Å². The molecule has 106 valence electrons. The average Bonchev–Trinajstić information content (AvgIpc) is 2.43. The Kier molecular flexibility index (Phi) is 5.10. The van der Waals surface area contributed by atoms with E-state index in [0.29, 0.717) is 12.1 Å². The van der Waals surface area contributed by atoms with Crippen molar-refractivity contribution in [3.63, 3.8) is 0 Å². The molecule has 1 nitrogen and oxygen atoms in total. The SMILES string of the molecule is CC(Cc1ccc(F)cc1)NCc1cccc(Cl)c1F. The van der Waals surface area contributed by atoms with Crippen LogP contribution in [0, 0.1) is 11.6 Å². The van der Waals surface area contributed by atoms with Gasteiger partial charge in [-0.05, 0) is 37.1 Å². The highest BCUT2D eigenvalue weighted by Gasteiger charge is 2.08. The van der Waals surface area contributed by atoms with Crippen LogP contribution in [-0.2, 0) is 13.0 Å². The fraction of sp³-hybridized carbons (Fsp3) is 0.250. The Labute approximate surface area is 122 Å². The average molecular weight is 296 g/mol. The topological polar surface area (TPSA) is 12.0 Å². The molecule has 0 aliphatic heterocycles. The first-order valence-corrected chi connectivity index (χ1v) is 6.85. The maximum absolute atomic E-state index is 13.7. The van der Waals surface area contributed by atoms with Gasteiger partial charge >= 0.3 is 0 Å². The summed E-state index contributed by atoms with van der Waals surface area (Å²) in [6, 6.07) is 11.5. The molecule has 2 aromatic carbocycles. The summed E-state index contributed by atoms with van der Waals surface area (Å²) in [5, 5.41) is 3.37. The number of hydrogen-bond acceptors (Lipinski definition) is 1. The number of hydrogen-bond donors (Lipinski definition) is 1. The van der Waals surface area contributed by atoms with Crippen LogP contribution in [0.5, 0.6) is 0 Å². The molecule has 2 rings (SSSR count). The van der Waals surface area contributed by atoms with Gasteiger partial charge in [0.25, 0.3) is 0 Å². The van der Waals surface area contributed by atoms with Crippen molar-refractivity contribution in [3.8, 4) is 0 Å². The highest BCUT2D eigenvalue weighted by molar-refractivity contribution is 6.30. The summed E-state index contributed by atoms with van der Waals surface area (Å²) in [5.74, 6) is -0.619. The fourth-order valence-corrected chi connectivity index (χ4v) is 2.21. The second-order valence-electron chi connectivity index (χ2n) is 4.83. The van der Waals surface area contributed by atoms with Crippen LogP contribution in [0.25, 0.3) is 0 Å². The lowest BCUT2D eigenvalue weighted by atomic mass is 10.1. The lowest BCUT2D eigenvalue weighted by molar-refractivity contribution is 0.525. The lowest BCUT2D eigenvalue weighted by Crippen LogP contribution is -2.28. The molecular weight excluding hydrogens is 280 g/mol. The summed E-state index contributed by atoms with van der Waals surface area (Å²) in [6.45, 7) is 2.42. The maximum atomic E-state index is 13.7. The van der Waals surface area contributed by atoms with E-state index in [1.54, 1.807) is 24.3 Å². The molecule has 0 aliphatic carbocycles. The zero-order chi connectivity index (χ0) is 14.5. The summed E-state index contributed by atoms with van der Waals surface area (Å²) in [6.07, 6.45) is 0.752. The van der Waals surface area contributed by atoms with Gasteiger partial charge in [-0.2, -0.15) is 0 Å². The Morgan fingerprint density at radius 1 is 1.10 bits per heavy atom. The molecule has 0 heterocycles. The molecule has 0 amide bonds. The van der Waals surface area contributed by atoms with E-state index < -0.39 is 0 Å². The van der Waals surface area contributed by atoms with Crippen LogP contribution in [0.2, 0.25) is 5.02 Å². The van der Waals surface area contributed by atoms with Crippen LogP contribution in [0.3, 0.4) is 0 Å². The van der Waals surface area contributed by atoms with Gasteiger partial charge in [0.05, 0.1) is 5.02 Å². The van der Waals surface area contributed by atoms with Crippen LogP contribution >= 0.6 is 11.6 Å². The second-order valence-corrected chi connectivity index (χ2v) is 5.23. The minimum absolute atomic E-state index is 0.135. The summed E-state index contributed by atoms with van der Waals surface area (Å²) >= 11 is 5.74. The van der Waals surface area contributed by atoms with E-state index in [9.17, 15) is 8.78 Å². The quantitative estimate of drug-likeness (QED) is 0.865. The van der Waals surface area contributed by atoms with Gasteiger partial charge in [0.1, 0.15) is 11.6 Å². The summed E-state index contributed by atoms with van der Waals surface area (Å²) in [7, 11) is 0. The molecule has 1 unspecified atom stereocenters. The van der Waals surface area contributed by atoms with Crippen molar-refractivity contribution in [2.45, 2.75) is 25.9 Å². The molecule has 1 N–H and O–H groups in total. The van der Waals surface area contributed by atoms with Gasteiger partial charge in [0.15, 0.2) is 0 Å². The Bertz CT molecular complexity index is 569. The van der Waals surface area contributed by atoms with Crippen molar-refractivity contribution in [2.75, 3.05) is 0 Å². The maximum Gasteiger partial charge on any atom is 0.146 e. The monoisotopic (exact) mass is 295 g/mol. The van der Waals surface area contributed by atoms with E-state index in [1.807, 2.05) is 6.92 Å². The largest absolute Gasteiger partial charge is 0.310 e. The first kappa shape index (κ1) is 14.9. The standard InChI is InChI=1S/C16H16ClF2N/c1-11(9-12-5-7-14(18)8-6-12)20-10-13-3-2-4-15(17)16(13)19/h2-8,11,20H,9-10H2,1H3. The fourth-order valence-electron chi connectivity index (χ4n) is 2.02. The third kappa shape index (κ3) is 4.02. The lowest BCUT2D eigenvalue weighted by Gasteiger charge is -2.14. The molecule has 4 heteroatoms. The summed E-state index contributed by atoms with van der Waals surface area (Å²) in [4.78, 5) is 0. The zero-order valence-electron chi connectivity index (χ0n) is 11.2. The number of nitrogens with one attached hydrogen (secondary N) is 1. The van der Waals surface area contributed by atoms with Crippen LogP contribution in [-0.4, -0.2) is 6.04 Å². The first-order valence-electron chi connectivity index (χ1n) is 6.47. The van der Waals surface area contributed by atoms with Crippen LogP contribution < -0.4 is 5.32 Å². The van der Waals surface area contributed by atoms with Gasteiger partial charge < -0.3 is 5.32 Å². The van der Waals surface area contributed by atoms with Gasteiger partial charge in [-0.25, -0.2) is 8.78 Å². The molecule has 2 aromatic rings. The molecule has 0 radical (unpaired) electrons. The third-order valence-electron chi connectivity index (χ3n) is 3.13. The number of halogens is 3. The Morgan fingerprint density at radius 2 is 1.80 bits per heavy atom. The van der Waals surface area contributed by atoms with Crippen molar-refractivity contribution in [2.24, 2.45) is 0 Å². The number of benzene rings is 2. The molecule has 0 saturated heterocycles. The van der Waals surface area contributed by atoms with E-state index in [1.165, 1.54) is 18.2 Å². The Morgan fingerprint density at radius 3 is 2.50 bits per heavy atom. The van der Waals surface area contributed by atoms with E-state index in [0.717, 1.165) is 12.0 Å². The van der Waals surface area contributed by atoms with Crippen molar-refractivity contribution < 1.29 is 8.78 Å². The molecule has 0 saturated carbocycles. The van der Waals surface area contributed by atoms with Crippen LogP contribution in [0.15, 0.2) is 42.5 Å². The van der Waals surface area contributed by atoms with E-state index >= 15 is 0 Å². The van der Waals surface area contributed by atoms with Gasteiger partial charge in [-0.1, -0.05) is 35.9 Å². The molecule has 0 bridgehead atoms. The summed E-state index contributed by atoms with van der Waals surface area (Å²) < 4.78 is 26.5. The van der Waals surface area contributed by atoms with Gasteiger partial charge in [-0.3, -0.25) is 0 Å². The second kappa shape index (κ2) is 6.82. The van der Waals surface area contributed by atoms with Crippen molar-refractivity contribution in [1.82, 2.24) is 5.32 Å². The molecule has 0 aromatic heterocycles. The minimum Gasteiger partial charge on any atom is -0.310 e. The van der Waals surface area contributed by atoms with Crippen molar-refractivity contribution in [3.05, 3.63) is 70.2 Å². The highest BCUT2D eigenvalue weighted by Crippen LogP contribution is 2.17. The molecule has 1 atom stereocenters. The van der Waals surface area contributed by atoms with E-state index in [2.05, 4.69) is 5.32 Å². The molecular formula is C16H16ClF2N. The molecule has 0 aliphatic rings. The molecule has 20 heavy (non-hydrogen) atoms. The highest BCUT2D eigenvalue weighted by atomic mass is 35.5. The Hall–Kier alpha value is -1.45. The van der Waals surface area contributed by atoms with E-state index in [-0.39, 0.29) is 22.7 Å². The van der Waals surface area contributed by atoms with Crippen LogP contribution in [0.1, 0.15) is 18.1 Å².